The van der Waals surface area contributed by atoms with E-state index in [2.05, 4.69) is 176 Å². The van der Waals surface area contributed by atoms with E-state index in [1.54, 1.807) is 0 Å². The van der Waals surface area contributed by atoms with E-state index in [1.807, 2.05) is 53.4 Å². The van der Waals surface area contributed by atoms with E-state index >= 15 is 0 Å². The first-order chi connectivity index (χ1) is 32.4. The van der Waals surface area contributed by atoms with Crippen LogP contribution >= 0.6 is 0 Å². The second-order valence-electron chi connectivity index (χ2n) is 16.1. The highest BCUT2D eigenvalue weighted by molar-refractivity contribution is 6.08. The molecular weight excluding hydrogens is 747 g/mol. The van der Waals surface area contributed by atoms with E-state index in [4.69, 9.17) is 0 Å². The van der Waals surface area contributed by atoms with Gasteiger partial charge in [-0.1, -0.05) is 206 Å². The van der Waals surface area contributed by atoms with Crippen molar-refractivity contribution in [2.24, 2.45) is 0 Å². The highest BCUT2D eigenvalue weighted by Gasteiger charge is 2.47. The number of anilines is 3. The lowest BCUT2D eigenvalue weighted by molar-refractivity contribution is 0.768. The summed E-state index contributed by atoms with van der Waals surface area (Å²) in [6.07, 6.45) is 0. The summed E-state index contributed by atoms with van der Waals surface area (Å²) in [4.78, 5) is 1.98. The van der Waals surface area contributed by atoms with E-state index in [9.17, 15) is 5.48 Å². The summed E-state index contributed by atoms with van der Waals surface area (Å²) in [6.45, 7) is 0. The summed E-state index contributed by atoms with van der Waals surface area (Å²) in [6, 6.07) is 77.2. The van der Waals surface area contributed by atoms with Crippen LogP contribution in [0.25, 0.3) is 65.7 Å². The van der Waals surface area contributed by atoms with Crippen molar-refractivity contribution >= 4 is 49.4 Å². The van der Waals surface area contributed by atoms with Crippen molar-refractivity contribution in [1.82, 2.24) is 0 Å². The van der Waals surface area contributed by atoms with E-state index in [-0.39, 0.29) is 35.4 Å². The fourth-order valence-corrected chi connectivity index (χ4v) is 9.97. The Bertz CT molecular complexity index is 3640. The van der Waals surface area contributed by atoms with E-state index in [0.29, 0.717) is 5.56 Å². The van der Waals surface area contributed by atoms with Gasteiger partial charge in [-0.25, -0.2) is 0 Å². The minimum Gasteiger partial charge on any atom is -0.310 e. The molecule has 0 amide bonds. The van der Waals surface area contributed by atoms with Gasteiger partial charge in [-0.15, -0.1) is 0 Å². The molecule has 1 heteroatoms. The Kier molecular flexibility index (Phi) is 7.51. The summed E-state index contributed by atoms with van der Waals surface area (Å²) in [5.74, 6) is 0. The Morgan fingerprint density at radius 1 is 0.339 bits per heavy atom. The van der Waals surface area contributed by atoms with Gasteiger partial charge in [0.25, 0.3) is 0 Å². The quantitative estimate of drug-likeness (QED) is 0.145. The molecule has 0 N–H and O–H groups in total. The van der Waals surface area contributed by atoms with Crippen molar-refractivity contribution in [2.75, 3.05) is 4.90 Å². The molecule has 62 heavy (non-hydrogen) atoms. The summed E-state index contributed by atoms with van der Waals surface area (Å²) >= 11 is 0. The van der Waals surface area contributed by atoms with Crippen LogP contribution in [0.4, 0.5) is 17.1 Å². The minimum atomic E-state index is -0.691. The second kappa shape index (κ2) is 14.6. The smallest absolute Gasteiger partial charge is 0.0714 e. The average molecular weight is 792 g/mol. The van der Waals surface area contributed by atoms with E-state index in [0.717, 1.165) is 88.2 Å². The Hall–Kier alpha value is -8.00. The number of benzene rings is 11. The average Bonchev–Trinajstić information content (AvgIpc) is 3.69. The van der Waals surface area contributed by atoms with Crippen LogP contribution in [0.2, 0.25) is 0 Å². The van der Waals surface area contributed by atoms with Gasteiger partial charge < -0.3 is 4.90 Å². The molecule has 0 saturated carbocycles. The topological polar surface area (TPSA) is 3.24 Å². The van der Waals surface area contributed by atoms with Crippen LogP contribution in [0.5, 0.6) is 0 Å². The first-order valence-electron chi connectivity index (χ1n) is 23.2. The van der Waals surface area contributed by atoms with Gasteiger partial charge >= 0.3 is 0 Å². The van der Waals surface area contributed by atoms with Crippen molar-refractivity contribution in [3.8, 4) is 33.4 Å². The van der Waals surface area contributed by atoms with Gasteiger partial charge in [-0.05, 0) is 125 Å². The van der Waals surface area contributed by atoms with Crippen LogP contribution in [0.3, 0.4) is 0 Å². The molecule has 1 nitrogen and oxygen atoms in total. The largest absolute Gasteiger partial charge is 0.310 e. The maximum Gasteiger partial charge on any atom is 0.0714 e. The zero-order valence-electron chi connectivity index (χ0n) is 37.8. The summed E-state index contributed by atoms with van der Waals surface area (Å²) < 4.78 is 39.5. The molecule has 11 aromatic carbocycles. The zero-order valence-corrected chi connectivity index (χ0v) is 33.8. The van der Waals surface area contributed by atoms with Gasteiger partial charge in [0.2, 0.25) is 0 Å². The molecule has 12 rings (SSSR count). The van der Waals surface area contributed by atoms with Crippen molar-refractivity contribution in [3.63, 3.8) is 0 Å². The van der Waals surface area contributed by atoms with Gasteiger partial charge in [0.15, 0.2) is 0 Å². The fourth-order valence-electron chi connectivity index (χ4n) is 9.97. The third-order valence-corrected chi connectivity index (χ3v) is 12.8. The standard InChI is InChI=1S/C61H41N/c1-3-19-50(20-4-1)61(51-21-5-2-6-22-51)57-26-12-11-25-56(57)60-58(61)27-14-28-59(60)62(53-23-13-18-46(41-53)48-31-29-42-15-7-8-17-45(42)39-48)52-36-33-43(34-37-52)47-35-38-55-49(40-47)32-30-44-16-9-10-24-54(44)55/h1-41H/i33D,34D,36D,37D. The van der Waals surface area contributed by atoms with Crippen molar-refractivity contribution in [3.05, 3.63) is 271 Å². The third-order valence-electron chi connectivity index (χ3n) is 12.8. The van der Waals surface area contributed by atoms with Gasteiger partial charge in [0, 0.05) is 16.9 Å². The number of hydrogen-bond donors (Lipinski definition) is 0. The van der Waals surface area contributed by atoms with Crippen LogP contribution in [-0.4, -0.2) is 0 Å². The molecule has 0 aromatic heterocycles. The van der Waals surface area contributed by atoms with Crippen molar-refractivity contribution in [2.45, 2.75) is 5.41 Å². The molecule has 0 atom stereocenters. The minimum absolute atomic E-state index is 0.0993. The lowest BCUT2D eigenvalue weighted by atomic mass is 9.68. The highest BCUT2D eigenvalue weighted by Crippen LogP contribution is 2.59. The molecule has 1 aliphatic rings. The maximum absolute atomic E-state index is 9.99. The molecule has 0 bridgehead atoms. The van der Waals surface area contributed by atoms with Gasteiger partial charge in [0.05, 0.1) is 16.6 Å². The number of hydrogen-bond acceptors (Lipinski definition) is 1. The molecular formula is C61H41N. The number of fused-ring (bicyclic) bond motifs is 7. The molecule has 0 heterocycles. The third kappa shape index (κ3) is 5.70. The van der Waals surface area contributed by atoms with E-state index < -0.39 is 5.41 Å². The molecule has 0 unspecified atom stereocenters. The molecule has 1 aliphatic carbocycles. The lowest BCUT2D eigenvalue weighted by Gasteiger charge is -2.34. The zero-order chi connectivity index (χ0) is 44.5. The Labute approximate surface area is 368 Å². The van der Waals surface area contributed by atoms with Crippen LogP contribution < -0.4 is 4.90 Å². The highest BCUT2D eigenvalue weighted by atomic mass is 15.1. The molecule has 11 aromatic rings. The molecule has 0 aliphatic heterocycles. The number of rotatable bonds is 7. The molecule has 0 fully saturated rings. The number of nitrogens with zero attached hydrogens (tertiary/aromatic N) is 1. The Balaban J connectivity index is 1.13. The van der Waals surface area contributed by atoms with Gasteiger partial charge in [0.1, 0.15) is 0 Å². The molecule has 290 valence electrons. The Morgan fingerprint density at radius 3 is 1.71 bits per heavy atom. The van der Waals surface area contributed by atoms with Crippen LogP contribution in [0.15, 0.2) is 249 Å². The van der Waals surface area contributed by atoms with Crippen molar-refractivity contribution < 1.29 is 5.48 Å². The second-order valence-corrected chi connectivity index (χ2v) is 16.1. The van der Waals surface area contributed by atoms with E-state index in [1.165, 1.54) is 0 Å². The fraction of sp³-hybridized carbons (Fsp3) is 0.0164. The maximum atomic E-state index is 9.99. The first kappa shape index (κ1) is 31.9. The van der Waals surface area contributed by atoms with Crippen molar-refractivity contribution in [1.29, 1.82) is 0 Å². The summed E-state index contributed by atoms with van der Waals surface area (Å²) in [5, 5.41) is 6.58. The van der Waals surface area contributed by atoms with Crippen LogP contribution in [0, 0.1) is 0 Å². The van der Waals surface area contributed by atoms with Crippen LogP contribution in [0.1, 0.15) is 27.7 Å². The predicted molar refractivity (Wildman–Crippen MR) is 262 cm³/mol. The lowest BCUT2D eigenvalue weighted by Crippen LogP contribution is -2.28. The predicted octanol–water partition coefficient (Wildman–Crippen LogP) is 16.3. The Morgan fingerprint density at radius 2 is 0.903 bits per heavy atom. The van der Waals surface area contributed by atoms with Gasteiger partial charge in [-0.2, -0.15) is 0 Å². The SMILES string of the molecule is [2H]c1c([2H])c(N(c2cccc(-c3ccc4ccccc4c3)c2)c2cccc3c2-c2ccccc2C3(c2ccccc2)c2ccccc2)c([2H])c([2H])c1-c1ccc2c(ccc3ccccc32)c1. The molecule has 0 saturated heterocycles. The summed E-state index contributed by atoms with van der Waals surface area (Å²) in [5.41, 5.74) is 10.3. The molecule has 0 radical (unpaired) electrons. The normalized spacial score (nSPS) is 13.5. The van der Waals surface area contributed by atoms with Gasteiger partial charge in [-0.3, -0.25) is 0 Å². The monoisotopic (exact) mass is 791 g/mol. The molecule has 0 spiro atoms. The summed E-state index contributed by atoms with van der Waals surface area (Å²) in [7, 11) is 0. The van der Waals surface area contributed by atoms with Crippen LogP contribution in [-0.2, 0) is 5.41 Å². The first-order valence-corrected chi connectivity index (χ1v) is 21.2.